The Bertz CT molecular complexity index is 743. The van der Waals surface area contributed by atoms with Crippen molar-refractivity contribution >= 4 is 11.5 Å². The van der Waals surface area contributed by atoms with Crippen LogP contribution >= 0.6 is 0 Å². The largest absolute Gasteiger partial charge is 0.348 e. The number of nitrogens with zero attached hydrogens (tertiary/aromatic N) is 1. The highest BCUT2D eigenvalue weighted by Crippen LogP contribution is 2.21. The molecular weight excluding hydrogens is 293 g/mol. The third kappa shape index (κ3) is 3.81. The Kier molecular flexibility index (Phi) is 4.78. The van der Waals surface area contributed by atoms with Crippen molar-refractivity contribution in [2.24, 2.45) is 0 Å². The minimum atomic E-state index is -0.417. The van der Waals surface area contributed by atoms with E-state index in [1.807, 2.05) is 12.1 Å². The Hall–Kier alpha value is -2.53. The van der Waals surface area contributed by atoms with E-state index in [0.717, 1.165) is 30.8 Å². The van der Waals surface area contributed by atoms with Crippen LogP contribution in [0.3, 0.4) is 0 Å². The van der Waals surface area contributed by atoms with Crippen molar-refractivity contribution < 1.29 is 9.18 Å². The van der Waals surface area contributed by atoms with Crippen LogP contribution in [0.2, 0.25) is 0 Å². The lowest BCUT2D eigenvalue weighted by atomic mass is 10.0. The number of pyridine rings is 1. The number of hydrogen-bond acceptors (Lipinski definition) is 3. The summed E-state index contributed by atoms with van der Waals surface area (Å²) in [6.07, 6.45) is 4.81. The number of amides is 1. The number of rotatable bonds is 4. The summed E-state index contributed by atoms with van der Waals surface area (Å²) in [5.41, 5.74) is 3.40. The molecule has 4 nitrogen and oxygen atoms in total. The van der Waals surface area contributed by atoms with E-state index < -0.39 is 5.82 Å². The van der Waals surface area contributed by atoms with Gasteiger partial charge in [0, 0.05) is 24.8 Å². The summed E-state index contributed by atoms with van der Waals surface area (Å²) in [5, 5.41) is 6.11. The number of aromatic nitrogens is 1. The van der Waals surface area contributed by atoms with Gasteiger partial charge in [0.05, 0.1) is 5.69 Å². The van der Waals surface area contributed by atoms with Crippen molar-refractivity contribution in [3.8, 4) is 0 Å². The standard InChI is InChI=1S/C18H18FN3O/c19-16-5-1-3-14(11-16)18(23)22-12-15-4-2-8-21-17(15)13-6-9-20-10-7-13/h1-6,8,11,20H,7,9-10,12H2,(H,22,23). The van der Waals surface area contributed by atoms with Crippen LogP contribution in [-0.4, -0.2) is 24.0 Å². The van der Waals surface area contributed by atoms with Crippen molar-refractivity contribution in [3.05, 3.63) is 71.3 Å². The van der Waals surface area contributed by atoms with Gasteiger partial charge in [-0.2, -0.15) is 0 Å². The van der Waals surface area contributed by atoms with Gasteiger partial charge in [-0.05, 0) is 48.4 Å². The number of carbonyl (C=O) groups is 1. The Morgan fingerprint density at radius 1 is 1.30 bits per heavy atom. The summed E-state index contributed by atoms with van der Waals surface area (Å²) in [5.74, 6) is -0.710. The summed E-state index contributed by atoms with van der Waals surface area (Å²) in [4.78, 5) is 16.6. The molecule has 0 atom stereocenters. The monoisotopic (exact) mass is 311 g/mol. The number of hydrogen-bond donors (Lipinski definition) is 2. The zero-order chi connectivity index (χ0) is 16.1. The van der Waals surface area contributed by atoms with Gasteiger partial charge in [0.2, 0.25) is 0 Å². The van der Waals surface area contributed by atoms with Gasteiger partial charge in [0.25, 0.3) is 5.91 Å². The van der Waals surface area contributed by atoms with Crippen molar-refractivity contribution in [2.75, 3.05) is 13.1 Å². The lowest BCUT2D eigenvalue weighted by Crippen LogP contribution is -2.24. The van der Waals surface area contributed by atoms with E-state index >= 15 is 0 Å². The van der Waals surface area contributed by atoms with Gasteiger partial charge in [0.15, 0.2) is 0 Å². The third-order valence-electron chi connectivity index (χ3n) is 3.79. The van der Waals surface area contributed by atoms with Crippen molar-refractivity contribution in [1.29, 1.82) is 0 Å². The molecule has 23 heavy (non-hydrogen) atoms. The molecule has 0 fully saturated rings. The Labute approximate surface area is 134 Å². The fourth-order valence-electron chi connectivity index (χ4n) is 2.62. The van der Waals surface area contributed by atoms with Gasteiger partial charge in [-0.1, -0.05) is 18.2 Å². The molecule has 5 heteroatoms. The van der Waals surface area contributed by atoms with Crippen LogP contribution in [0.15, 0.2) is 48.7 Å². The lowest BCUT2D eigenvalue weighted by molar-refractivity contribution is 0.0950. The van der Waals surface area contributed by atoms with Gasteiger partial charge in [-0.3, -0.25) is 9.78 Å². The summed E-state index contributed by atoms with van der Waals surface area (Å²) in [7, 11) is 0. The van der Waals surface area contributed by atoms with Gasteiger partial charge in [0.1, 0.15) is 5.82 Å². The SMILES string of the molecule is O=C(NCc1cccnc1C1=CCNCC1)c1cccc(F)c1. The molecule has 0 aliphatic carbocycles. The maximum Gasteiger partial charge on any atom is 0.251 e. The second-order valence-corrected chi connectivity index (χ2v) is 5.39. The van der Waals surface area contributed by atoms with Crippen molar-refractivity contribution in [1.82, 2.24) is 15.6 Å². The molecule has 1 aromatic carbocycles. The average Bonchev–Trinajstić information content (AvgIpc) is 2.60. The summed E-state index contributed by atoms with van der Waals surface area (Å²) < 4.78 is 13.2. The Balaban J connectivity index is 1.73. The van der Waals surface area contributed by atoms with E-state index in [1.54, 1.807) is 12.3 Å². The maximum atomic E-state index is 13.2. The minimum absolute atomic E-state index is 0.293. The molecule has 2 heterocycles. The second-order valence-electron chi connectivity index (χ2n) is 5.39. The molecule has 1 aromatic heterocycles. The molecule has 2 aromatic rings. The quantitative estimate of drug-likeness (QED) is 0.912. The molecule has 0 bridgehead atoms. The average molecular weight is 311 g/mol. The van der Waals surface area contributed by atoms with Gasteiger partial charge in [-0.25, -0.2) is 4.39 Å². The molecule has 0 spiro atoms. The molecule has 1 aliphatic heterocycles. The van der Waals surface area contributed by atoms with E-state index in [-0.39, 0.29) is 5.91 Å². The highest BCUT2D eigenvalue weighted by molar-refractivity contribution is 5.94. The van der Waals surface area contributed by atoms with Crippen LogP contribution in [0.1, 0.15) is 28.0 Å². The fraction of sp³-hybridized carbons (Fsp3) is 0.222. The zero-order valence-corrected chi connectivity index (χ0v) is 12.7. The van der Waals surface area contributed by atoms with E-state index in [9.17, 15) is 9.18 Å². The first kappa shape index (κ1) is 15.4. The lowest BCUT2D eigenvalue weighted by Gasteiger charge is -2.16. The number of halogens is 1. The smallest absolute Gasteiger partial charge is 0.251 e. The predicted molar refractivity (Wildman–Crippen MR) is 87.3 cm³/mol. The molecular formula is C18H18FN3O. The second kappa shape index (κ2) is 7.15. The topological polar surface area (TPSA) is 54.0 Å². The van der Waals surface area contributed by atoms with E-state index in [4.69, 9.17) is 0 Å². The Morgan fingerprint density at radius 3 is 3.00 bits per heavy atom. The number of carbonyl (C=O) groups excluding carboxylic acids is 1. The van der Waals surface area contributed by atoms with E-state index in [2.05, 4.69) is 21.7 Å². The van der Waals surface area contributed by atoms with Crippen LogP contribution in [0, 0.1) is 5.82 Å². The van der Waals surface area contributed by atoms with Gasteiger partial charge < -0.3 is 10.6 Å². The maximum absolute atomic E-state index is 13.2. The van der Waals surface area contributed by atoms with E-state index in [0.29, 0.717) is 12.1 Å². The molecule has 0 saturated carbocycles. The zero-order valence-electron chi connectivity index (χ0n) is 12.7. The van der Waals surface area contributed by atoms with Crippen LogP contribution in [-0.2, 0) is 6.54 Å². The van der Waals surface area contributed by atoms with Crippen molar-refractivity contribution in [3.63, 3.8) is 0 Å². The molecule has 0 saturated heterocycles. The highest BCUT2D eigenvalue weighted by Gasteiger charge is 2.13. The highest BCUT2D eigenvalue weighted by atomic mass is 19.1. The van der Waals surface area contributed by atoms with Crippen LogP contribution in [0.5, 0.6) is 0 Å². The molecule has 0 radical (unpaired) electrons. The third-order valence-corrected chi connectivity index (χ3v) is 3.79. The summed E-state index contributed by atoms with van der Waals surface area (Å²) in [6.45, 7) is 2.13. The predicted octanol–water partition coefficient (Wildman–Crippen LogP) is 2.53. The molecule has 2 N–H and O–H groups in total. The Morgan fingerprint density at radius 2 is 2.22 bits per heavy atom. The summed E-state index contributed by atoms with van der Waals surface area (Å²) in [6, 6.07) is 9.48. The number of benzene rings is 1. The van der Waals surface area contributed by atoms with Crippen LogP contribution in [0.4, 0.5) is 4.39 Å². The first-order chi connectivity index (χ1) is 11.2. The van der Waals surface area contributed by atoms with Gasteiger partial charge >= 0.3 is 0 Å². The fourth-order valence-corrected chi connectivity index (χ4v) is 2.62. The van der Waals surface area contributed by atoms with Crippen molar-refractivity contribution in [2.45, 2.75) is 13.0 Å². The first-order valence-corrected chi connectivity index (χ1v) is 7.62. The van der Waals surface area contributed by atoms with Crippen LogP contribution in [0.25, 0.3) is 5.57 Å². The molecule has 1 aliphatic rings. The van der Waals surface area contributed by atoms with Gasteiger partial charge in [-0.15, -0.1) is 0 Å². The molecule has 3 rings (SSSR count). The minimum Gasteiger partial charge on any atom is -0.348 e. The normalized spacial score (nSPS) is 14.2. The van der Waals surface area contributed by atoms with Crippen LogP contribution < -0.4 is 10.6 Å². The first-order valence-electron chi connectivity index (χ1n) is 7.62. The van der Waals surface area contributed by atoms with E-state index in [1.165, 1.54) is 23.8 Å². The molecule has 118 valence electrons. The molecule has 1 amide bonds. The number of nitrogens with one attached hydrogen (secondary N) is 2. The summed E-state index contributed by atoms with van der Waals surface area (Å²) >= 11 is 0. The molecule has 0 unspecified atom stereocenters.